The van der Waals surface area contributed by atoms with Gasteiger partial charge in [-0.2, -0.15) is 0 Å². The third-order valence-electron chi connectivity index (χ3n) is 4.34. The Kier molecular flexibility index (Phi) is 5.62. The predicted molar refractivity (Wildman–Crippen MR) is 91.6 cm³/mol. The maximum absolute atomic E-state index is 3.76. The molecule has 2 aromatic rings. The van der Waals surface area contributed by atoms with Crippen molar-refractivity contribution in [2.24, 2.45) is 11.8 Å². The van der Waals surface area contributed by atoms with E-state index in [1.54, 1.807) is 0 Å². The lowest BCUT2D eigenvalue weighted by molar-refractivity contribution is 0.297. The SMILES string of the molecule is CCCNC(Cc1csc2ccccc12)C(C)C(C)C. The Labute approximate surface area is 127 Å². The van der Waals surface area contributed by atoms with Crippen molar-refractivity contribution in [3.8, 4) is 0 Å². The minimum Gasteiger partial charge on any atom is -0.313 e. The van der Waals surface area contributed by atoms with Crippen LogP contribution in [0.1, 0.15) is 39.7 Å². The molecule has 0 amide bonds. The molecule has 2 rings (SSSR count). The summed E-state index contributed by atoms with van der Waals surface area (Å²) in [6.45, 7) is 10.4. The van der Waals surface area contributed by atoms with Crippen molar-refractivity contribution < 1.29 is 0 Å². The fourth-order valence-electron chi connectivity index (χ4n) is 2.67. The zero-order chi connectivity index (χ0) is 14.5. The van der Waals surface area contributed by atoms with Crippen LogP contribution in [0.3, 0.4) is 0 Å². The average molecular weight is 289 g/mol. The number of hydrogen-bond acceptors (Lipinski definition) is 2. The molecule has 2 unspecified atom stereocenters. The Hall–Kier alpha value is -0.860. The highest BCUT2D eigenvalue weighted by molar-refractivity contribution is 7.17. The molecular formula is C18H27NS. The molecule has 0 aliphatic rings. The van der Waals surface area contributed by atoms with Crippen LogP contribution in [0.5, 0.6) is 0 Å². The summed E-state index contributed by atoms with van der Waals surface area (Å²) >= 11 is 1.87. The summed E-state index contributed by atoms with van der Waals surface area (Å²) in [6.07, 6.45) is 2.34. The third-order valence-corrected chi connectivity index (χ3v) is 5.36. The van der Waals surface area contributed by atoms with Crippen molar-refractivity contribution in [1.29, 1.82) is 0 Å². The zero-order valence-electron chi connectivity index (χ0n) is 13.1. The Morgan fingerprint density at radius 1 is 1.15 bits per heavy atom. The normalized spacial score (nSPS) is 14.8. The maximum atomic E-state index is 3.76. The van der Waals surface area contributed by atoms with Gasteiger partial charge in [0.2, 0.25) is 0 Å². The van der Waals surface area contributed by atoms with Gasteiger partial charge in [-0.1, -0.05) is 45.9 Å². The Bertz CT molecular complexity index is 529. The number of nitrogens with one attached hydrogen (secondary N) is 1. The van der Waals surface area contributed by atoms with Gasteiger partial charge in [-0.15, -0.1) is 11.3 Å². The monoisotopic (exact) mass is 289 g/mol. The Balaban J connectivity index is 2.18. The van der Waals surface area contributed by atoms with E-state index in [4.69, 9.17) is 0 Å². The van der Waals surface area contributed by atoms with Crippen molar-refractivity contribution in [3.05, 3.63) is 35.2 Å². The van der Waals surface area contributed by atoms with E-state index >= 15 is 0 Å². The van der Waals surface area contributed by atoms with Gasteiger partial charge in [-0.05, 0) is 53.6 Å². The van der Waals surface area contributed by atoms with Crippen molar-refractivity contribution in [2.45, 2.75) is 46.6 Å². The number of hydrogen-bond donors (Lipinski definition) is 1. The van der Waals surface area contributed by atoms with Gasteiger partial charge in [-0.25, -0.2) is 0 Å². The topological polar surface area (TPSA) is 12.0 Å². The first kappa shape index (κ1) is 15.5. The lowest BCUT2D eigenvalue weighted by atomic mass is 9.86. The molecule has 0 aliphatic heterocycles. The molecule has 0 saturated carbocycles. The number of rotatable bonds is 7. The van der Waals surface area contributed by atoms with Crippen molar-refractivity contribution in [2.75, 3.05) is 6.54 Å². The molecule has 0 aliphatic carbocycles. The molecule has 1 N–H and O–H groups in total. The van der Waals surface area contributed by atoms with Crippen LogP contribution in [-0.2, 0) is 6.42 Å². The third kappa shape index (κ3) is 3.62. The second-order valence-corrected chi connectivity index (χ2v) is 7.04. The number of fused-ring (bicyclic) bond motifs is 1. The lowest BCUT2D eigenvalue weighted by Gasteiger charge is -2.28. The van der Waals surface area contributed by atoms with Crippen LogP contribution in [0, 0.1) is 11.8 Å². The molecular weight excluding hydrogens is 262 g/mol. The minimum absolute atomic E-state index is 0.577. The summed E-state index contributed by atoms with van der Waals surface area (Å²) in [5.74, 6) is 1.41. The van der Waals surface area contributed by atoms with Gasteiger partial charge in [0.25, 0.3) is 0 Å². The smallest absolute Gasteiger partial charge is 0.0345 e. The molecule has 1 nitrogen and oxygen atoms in total. The van der Waals surface area contributed by atoms with Crippen LogP contribution in [-0.4, -0.2) is 12.6 Å². The summed E-state index contributed by atoms with van der Waals surface area (Å²) in [4.78, 5) is 0. The highest BCUT2D eigenvalue weighted by atomic mass is 32.1. The van der Waals surface area contributed by atoms with E-state index in [-0.39, 0.29) is 0 Å². The highest BCUT2D eigenvalue weighted by Gasteiger charge is 2.21. The van der Waals surface area contributed by atoms with E-state index in [2.05, 4.69) is 62.7 Å². The fourth-order valence-corrected chi connectivity index (χ4v) is 3.64. The van der Waals surface area contributed by atoms with Gasteiger partial charge in [0.15, 0.2) is 0 Å². The van der Waals surface area contributed by atoms with Crippen LogP contribution in [0.15, 0.2) is 29.6 Å². The largest absolute Gasteiger partial charge is 0.313 e. The van der Waals surface area contributed by atoms with Crippen LogP contribution in [0.25, 0.3) is 10.1 Å². The Morgan fingerprint density at radius 2 is 1.90 bits per heavy atom. The molecule has 0 radical (unpaired) electrons. The van der Waals surface area contributed by atoms with Crippen molar-refractivity contribution in [1.82, 2.24) is 5.32 Å². The van der Waals surface area contributed by atoms with Crippen LogP contribution in [0.4, 0.5) is 0 Å². The van der Waals surface area contributed by atoms with E-state index in [9.17, 15) is 0 Å². The van der Waals surface area contributed by atoms with E-state index < -0.39 is 0 Å². The molecule has 2 atom stereocenters. The molecule has 20 heavy (non-hydrogen) atoms. The van der Waals surface area contributed by atoms with Gasteiger partial charge in [0, 0.05) is 10.7 Å². The summed E-state index contributed by atoms with van der Waals surface area (Å²) in [5, 5.41) is 7.55. The quantitative estimate of drug-likeness (QED) is 0.747. The zero-order valence-corrected chi connectivity index (χ0v) is 14.0. The van der Waals surface area contributed by atoms with Crippen LogP contribution < -0.4 is 5.32 Å². The molecule has 110 valence electrons. The first-order valence-electron chi connectivity index (χ1n) is 7.82. The number of benzene rings is 1. The fraction of sp³-hybridized carbons (Fsp3) is 0.556. The number of thiophene rings is 1. The maximum Gasteiger partial charge on any atom is 0.0345 e. The van der Waals surface area contributed by atoms with E-state index in [0.29, 0.717) is 17.9 Å². The summed E-state index contributed by atoms with van der Waals surface area (Å²) in [6, 6.07) is 9.35. The lowest BCUT2D eigenvalue weighted by Crippen LogP contribution is -2.39. The molecule has 2 heteroatoms. The van der Waals surface area contributed by atoms with Gasteiger partial charge in [-0.3, -0.25) is 0 Å². The van der Waals surface area contributed by atoms with Gasteiger partial charge >= 0.3 is 0 Å². The predicted octanol–water partition coefficient (Wildman–Crippen LogP) is 5.10. The van der Waals surface area contributed by atoms with E-state index in [1.807, 2.05) is 11.3 Å². The molecule has 1 aromatic heterocycles. The first-order chi connectivity index (χ1) is 9.63. The van der Waals surface area contributed by atoms with E-state index in [0.717, 1.165) is 13.0 Å². The summed E-state index contributed by atoms with van der Waals surface area (Å²) < 4.78 is 1.41. The molecule has 0 saturated heterocycles. The van der Waals surface area contributed by atoms with Crippen LogP contribution >= 0.6 is 11.3 Å². The van der Waals surface area contributed by atoms with Crippen molar-refractivity contribution in [3.63, 3.8) is 0 Å². The minimum atomic E-state index is 0.577. The summed E-state index contributed by atoms with van der Waals surface area (Å²) in [7, 11) is 0. The van der Waals surface area contributed by atoms with E-state index in [1.165, 1.54) is 22.1 Å². The van der Waals surface area contributed by atoms with Crippen molar-refractivity contribution >= 4 is 21.4 Å². The second kappa shape index (κ2) is 7.24. The second-order valence-electron chi connectivity index (χ2n) is 6.12. The highest BCUT2D eigenvalue weighted by Crippen LogP contribution is 2.28. The molecule has 0 fully saturated rings. The van der Waals surface area contributed by atoms with Crippen LogP contribution in [0.2, 0.25) is 0 Å². The van der Waals surface area contributed by atoms with Gasteiger partial charge < -0.3 is 5.32 Å². The first-order valence-corrected chi connectivity index (χ1v) is 8.70. The van der Waals surface area contributed by atoms with Gasteiger partial charge in [0.05, 0.1) is 0 Å². The van der Waals surface area contributed by atoms with Gasteiger partial charge in [0.1, 0.15) is 0 Å². The standard InChI is InChI=1S/C18H27NS/c1-5-10-19-17(14(4)13(2)3)11-15-12-20-18-9-7-6-8-16(15)18/h6-9,12-14,17,19H,5,10-11H2,1-4H3. The average Bonchev–Trinajstić information content (AvgIpc) is 2.85. The molecule has 1 heterocycles. The molecule has 1 aromatic carbocycles. The molecule has 0 spiro atoms. The summed E-state index contributed by atoms with van der Waals surface area (Å²) in [5.41, 5.74) is 1.51. The Morgan fingerprint density at radius 3 is 2.60 bits per heavy atom. The molecule has 0 bridgehead atoms.